The van der Waals surface area contributed by atoms with E-state index in [1.807, 2.05) is 0 Å². The standard InChI is InChI=1S/C13H25N/c1-12(2)6-5-11(8-12)14-9-10-7-13(10,3)4/h10-11,14H,5-9H2,1-4H3. The molecule has 0 bridgehead atoms. The van der Waals surface area contributed by atoms with Crippen LogP contribution in [0.1, 0.15) is 53.4 Å². The van der Waals surface area contributed by atoms with Crippen LogP contribution in [0.25, 0.3) is 0 Å². The lowest BCUT2D eigenvalue weighted by Gasteiger charge is -2.18. The van der Waals surface area contributed by atoms with Gasteiger partial charge >= 0.3 is 0 Å². The van der Waals surface area contributed by atoms with E-state index in [0.717, 1.165) is 12.0 Å². The third-order valence-corrected chi connectivity index (χ3v) is 4.34. The number of hydrogen-bond donors (Lipinski definition) is 1. The molecule has 0 aromatic heterocycles. The summed E-state index contributed by atoms with van der Waals surface area (Å²) in [5, 5.41) is 3.75. The van der Waals surface area contributed by atoms with E-state index >= 15 is 0 Å². The molecule has 2 fully saturated rings. The molecular weight excluding hydrogens is 170 g/mol. The first-order valence-corrected chi connectivity index (χ1v) is 6.12. The van der Waals surface area contributed by atoms with Gasteiger partial charge in [-0.2, -0.15) is 0 Å². The first-order chi connectivity index (χ1) is 6.39. The molecule has 0 aliphatic heterocycles. The molecule has 0 amide bonds. The van der Waals surface area contributed by atoms with Crippen LogP contribution in [0.5, 0.6) is 0 Å². The maximum absolute atomic E-state index is 3.75. The Labute approximate surface area is 88.7 Å². The van der Waals surface area contributed by atoms with Crippen molar-refractivity contribution in [3.8, 4) is 0 Å². The van der Waals surface area contributed by atoms with E-state index in [-0.39, 0.29) is 0 Å². The van der Waals surface area contributed by atoms with Crippen molar-refractivity contribution in [2.75, 3.05) is 6.54 Å². The van der Waals surface area contributed by atoms with Gasteiger partial charge in [0, 0.05) is 6.04 Å². The van der Waals surface area contributed by atoms with Crippen molar-refractivity contribution in [1.29, 1.82) is 0 Å². The molecule has 2 unspecified atom stereocenters. The Morgan fingerprint density at radius 2 is 1.79 bits per heavy atom. The van der Waals surface area contributed by atoms with Crippen molar-refractivity contribution < 1.29 is 0 Å². The largest absolute Gasteiger partial charge is 0.314 e. The topological polar surface area (TPSA) is 12.0 Å². The van der Waals surface area contributed by atoms with Crippen molar-refractivity contribution in [1.82, 2.24) is 5.32 Å². The van der Waals surface area contributed by atoms with Gasteiger partial charge in [0.15, 0.2) is 0 Å². The molecule has 0 radical (unpaired) electrons. The van der Waals surface area contributed by atoms with Crippen LogP contribution in [-0.4, -0.2) is 12.6 Å². The lowest BCUT2D eigenvalue weighted by molar-refractivity contribution is 0.361. The van der Waals surface area contributed by atoms with Gasteiger partial charge in [0.05, 0.1) is 0 Å². The van der Waals surface area contributed by atoms with Crippen molar-refractivity contribution in [3.05, 3.63) is 0 Å². The fraction of sp³-hybridized carbons (Fsp3) is 1.00. The van der Waals surface area contributed by atoms with Crippen LogP contribution in [-0.2, 0) is 0 Å². The van der Waals surface area contributed by atoms with E-state index in [0.29, 0.717) is 10.8 Å². The Morgan fingerprint density at radius 3 is 2.21 bits per heavy atom. The number of hydrogen-bond acceptors (Lipinski definition) is 1. The molecule has 1 nitrogen and oxygen atoms in total. The minimum absolute atomic E-state index is 0.594. The maximum atomic E-state index is 3.75. The second-order valence-corrected chi connectivity index (χ2v) is 6.90. The van der Waals surface area contributed by atoms with Crippen molar-refractivity contribution in [2.24, 2.45) is 16.7 Å². The Balaban J connectivity index is 1.68. The van der Waals surface area contributed by atoms with Crippen molar-refractivity contribution in [2.45, 2.75) is 59.4 Å². The Bertz CT molecular complexity index is 217. The van der Waals surface area contributed by atoms with Crippen LogP contribution in [0, 0.1) is 16.7 Å². The summed E-state index contributed by atoms with van der Waals surface area (Å²) in [4.78, 5) is 0. The Kier molecular flexibility index (Phi) is 2.42. The predicted octanol–water partition coefficient (Wildman–Crippen LogP) is 3.20. The molecule has 0 saturated heterocycles. The summed E-state index contributed by atoms with van der Waals surface area (Å²) >= 11 is 0. The quantitative estimate of drug-likeness (QED) is 0.729. The van der Waals surface area contributed by atoms with Crippen LogP contribution in [0.15, 0.2) is 0 Å². The summed E-state index contributed by atoms with van der Waals surface area (Å²) in [5.41, 5.74) is 1.23. The van der Waals surface area contributed by atoms with Crippen LogP contribution >= 0.6 is 0 Å². The van der Waals surface area contributed by atoms with Gasteiger partial charge in [0.1, 0.15) is 0 Å². The highest BCUT2D eigenvalue weighted by atomic mass is 14.9. The van der Waals surface area contributed by atoms with Gasteiger partial charge in [-0.3, -0.25) is 0 Å². The van der Waals surface area contributed by atoms with E-state index in [2.05, 4.69) is 33.0 Å². The molecule has 2 rings (SSSR count). The van der Waals surface area contributed by atoms with Gasteiger partial charge < -0.3 is 5.32 Å². The maximum Gasteiger partial charge on any atom is 0.00724 e. The second kappa shape index (κ2) is 3.23. The summed E-state index contributed by atoms with van der Waals surface area (Å²) in [6.45, 7) is 10.8. The zero-order chi connectivity index (χ0) is 10.4. The molecular formula is C13H25N. The molecule has 2 atom stereocenters. The summed E-state index contributed by atoms with van der Waals surface area (Å²) in [5.74, 6) is 0.950. The molecule has 0 aromatic rings. The molecule has 0 aromatic carbocycles. The highest BCUT2D eigenvalue weighted by Gasteiger charge is 2.45. The van der Waals surface area contributed by atoms with E-state index in [9.17, 15) is 0 Å². The third-order valence-electron chi connectivity index (χ3n) is 4.34. The van der Waals surface area contributed by atoms with Gasteiger partial charge in [0.25, 0.3) is 0 Å². The molecule has 14 heavy (non-hydrogen) atoms. The first-order valence-electron chi connectivity index (χ1n) is 6.12. The molecule has 2 aliphatic carbocycles. The summed E-state index contributed by atoms with van der Waals surface area (Å²) in [7, 11) is 0. The summed E-state index contributed by atoms with van der Waals surface area (Å²) < 4.78 is 0. The number of nitrogens with one attached hydrogen (secondary N) is 1. The zero-order valence-corrected chi connectivity index (χ0v) is 10.2. The fourth-order valence-corrected chi connectivity index (χ4v) is 2.84. The van der Waals surface area contributed by atoms with Crippen LogP contribution in [0.4, 0.5) is 0 Å². The molecule has 2 aliphatic rings. The van der Waals surface area contributed by atoms with Crippen molar-refractivity contribution in [3.63, 3.8) is 0 Å². The Hall–Kier alpha value is -0.0400. The monoisotopic (exact) mass is 195 g/mol. The van der Waals surface area contributed by atoms with E-state index in [4.69, 9.17) is 0 Å². The lowest BCUT2D eigenvalue weighted by atomic mass is 9.92. The van der Waals surface area contributed by atoms with Crippen LogP contribution in [0.2, 0.25) is 0 Å². The number of rotatable bonds is 3. The minimum atomic E-state index is 0.594. The Morgan fingerprint density at radius 1 is 1.14 bits per heavy atom. The molecule has 2 saturated carbocycles. The van der Waals surface area contributed by atoms with E-state index in [1.54, 1.807) is 0 Å². The molecule has 82 valence electrons. The molecule has 1 heteroatoms. The van der Waals surface area contributed by atoms with E-state index in [1.165, 1.54) is 32.2 Å². The first kappa shape index (κ1) is 10.5. The van der Waals surface area contributed by atoms with Crippen LogP contribution in [0.3, 0.4) is 0 Å². The second-order valence-electron chi connectivity index (χ2n) is 6.90. The van der Waals surface area contributed by atoms with Crippen LogP contribution < -0.4 is 5.32 Å². The van der Waals surface area contributed by atoms with Gasteiger partial charge in [-0.1, -0.05) is 27.7 Å². The fourth-order valence-electron chi connectivity index (χ4n) is 2.84. The van der Waals surface area contributed by atoms with Gasteiger partial charge in [-0.05, 0) is 49.0 Å². The molecule has 0 heterocycles. The van der Waals surface area contributed by atoms with E-state index < -0.39 is 0 Å². The zero-order valence-electron chi connectivity index (χ0n) is 10.2. The summed E-state index contributed by atoms with van der Waals surface area (Å²) in [6, 6.07) is 0.807. The summed E-state index contributed by atoms with van der Waals surface area (Å²) in [6.07, 6.45) is 5.59. The normalized spacial score (nSPS) is 38.6. The smallest absolute Gasteiger partial charge is 0.00724 e. The predicted molar refractivity (Wildman–Crippen MR) is 61.3 cm³/mol. The lowest BCUT2D eigenvalue weighted by Crippen LogP contribution is -2.30. The molecule has 1 N–H and O–H groups in total. The average Bonchev–Trinajstić information content (AvgIpc) is 2.48. The minimum Gasteiger partial charge on any atom is -0.314 e. The highest BCUT2D eigenvalue weighted by molar-refractivity contribution is 4.97. The SMILES string of the molecule is CC1(C)CCC(NCC2CC2(C)C)C1. The third kappa shape index (κ3) is 2.31. The highest BCUT2D eigenvalue weighted by Crippen LogP contribution is 2.51. The van der Waals surface area contributed by atoms with Gasteiger partial charge in [0.2, 0.25) is 0 Å². The van der Waals surface area contributed by atoms with Gasteiger partial charge in [-0.25, -0.2) is 0 Å². The van der Waals surface area contributed by atoms with Gasteiger partial charge in [-0.15, -0.1) is 0 Å². The molecule has 0 spiro atoms. The van der Waals surface area contributed by atoms with Crippen molar-refractivity contribution >= 4 is 0 Å². The average molecular weight is 195 g/mol.